The summed E-state index contributed by atoms with van der Waals surface area (Å²) in [5.41, 5.74) is 5.37. The summed E-state index contributed by atoms with van der Waals surface area (Å²) < 4.78 is 0. The number of imide groups is 1. The second-order valence-electron chi connectivity index (χ2n) is 8.57. The van der Waals surface area contributed by atoms with E-state index in [0.29, 0.717) is 11.3 Å². The van der Waals surface area contributed by atoms with Gasteiger partial charge in [-0.25, -0.2) is 0 Å². The van der Waals surface area contributed by atoms with E-state index in [1.165, 1.54) is 4.90 Å². The number of fused-ring (bicyclic) bond motifs is 4. The van der Waals surface area contributed by atoms with Crippen molar-refractivity contribution >= 4 is 29.3 Å². The zero-order valence-corrected chi connectivity index (χ0v) is 16.0. The summed E-state index contributed by atoms with van der Waals surface area (Å²) >= 11 is 0. The van der Waals surface area contributed by atoms with Gasteiger partial charge in [0.15, 0.2) is 0 Å². The molecule has 4 N–H and O–H groups in total. The van der Waals surface area contributed by atoms with Gasteiger partial charge in [0.2, 0.25) is 23.6 Å². The monoisotopic (exact) mass is 396 g/mol. The molecule has 0 aromatic heterocycles. The van der Waals surface area contributed by atoms with Crippen LogP contribution in [-0.4, -0.2) is 40.6 Å². The second-order valence-corrected chi connectivity index (χ2v) is 8.57. The van der Waals surface area contributed by atoms with Gasteiger partial charge in [0.25, 0.3) is 0 Å². The number of likely N-dealkylation sites (tertiary alicyclic amines) is 1. The van der Waals surface area contributed by atoms with Gasteiger partial charge in [-0.3, -0.25) is 29.4 Å². The van der Waals surface area contributed by atoms with Crippen LogP contribution in [0.25, 0.3) is 0 Å². The molecular formula is C21H24N4O4. The van der Waals surface area contributed by atoms with Gasteiger partial charge < -0.3 is 11.1 Å². The van der Waals surface area contributed by atoms with E-state index in [2.05, 4.69) is 10.6 Å². The van der Waals surface area contributed by atoms with Crippen LogP contribution in [0.5, 0.6) is 0 Å². The van der Waals surface area contributed by atoms with E-state index < -0.39 is 29.3 Å². The van der Waals surface area contributed by atoms with E-state index in [0.717, 1.165) is 32.1 Å². The maximum atomic E-state index is 13.6. The molecule has 29 heavy (non-hydrogen) atoms. The Morgan fingerprint density at radius 2 is 1.83 bits per heavy atom. The fourth-order valence-corrected chi connectivity index (χ4v) is 5.87. The fourth-order valence-electron chi connectivity index (χ4n) is 5.87. The maximum absolute atomic E-state index is 13.6. The summed E-state index contributed by atoms with van der Waals surface area (Å²) in [5, 5.41) is 6.06. The number of hydrogen-bond acceptors (Lipinski definition) is 5. The molecule has 0 bridgehead atoms. The minimum Gasteiger partial charge on any atom is -0.370 e. The Kier molecular flexibility index (Phi) is 4.03. The summed E-state index contributed by atoms with van der Waals surface area (Å²) in [6, 6.07) is 6.41. The minimum atomic E-state index is -1.35. The smallest absolute Gasteiger partial charge is 0.250 e. The Morgan fingerprint density at radius 1 is 1.10 bits per heavy atom. The molecule has 1 aromatic rings. The van der Waals surface area contributed by atoms with Crippen LogP contribution in [0, 0.1) is 11.8 Å². The number of carbonyl (C=O) groups excluding carboxylic acids is 4. The van der Waals surface area contributed by atoms with E-state index >= 15 is 0 Å². The number of benzene rings is 1. The van der Waals surface area contributed by atoms with Gasteiger partial charge in [0, 0.05) is 29.8 Å². The first-order valence-electron chi connectivity index (χ1n) is 10.3. The number of primary amides is 1. The molecule has 1 aromatic carbocycles. The first kappa shape index (κ1) is 18.3. The lowest BCUT2D eigenvalue weighted by atomic mass is 9.76. The number of nitrogens with zero attached hydrogens (tertiary/aromatic N) is 1. The van der Waals surface area contributed by atoms with E-state index in [-0.39, 0.29) is 30.2 Å². The largest absolute Gasteiger partial charge is 0.370 e. The van der Waals surface area contributed by atoms with Crippen molar-refractivity contribution < 1.29 is 19.2 Å². The fraction of sp³-hybridized carbons (Fsp3) is 0.524. The zero-order valence-electron chi connectivity index (χ0n) is 16.0. The van der Waals surface area contributed by atoms with Crippen LogP contribution in [0.3, 0.4) is 0 Å². The Balaban J connectivity index is 1.62. The number of anilines is 1. The molecule has 152 valence electrons. The van der Waals surface area contributed by atoms with Crippen LogP contribution in [-0.2, 0) is 24.7 Å². The molecule has 1 aliphatic carbocycles. The summed E-state index contributed by atoms with van der Waals surface area (Å²) in [6.45, 7) is 0. The van der Waals surface area contributed by atoms with Gasteiger partial charge in [-0.05, 0) is 18.9 Å². The lowest BCUT2D eigenvalue weighted by molar-refractivity contribution is -0.146. The topological polar surface area (TPSA) is 122 Å². The van der Waals surface area contributed by atoms with Gasteiger partial charge >= 0.3 is 0 Å². The first-order chi connectivity index (χ1) is 13.9. The molecule has 4 amide bonds. The molecule has 3 heterocycles. The highest BCUT2D eigenvalue weighted by Crippen LogP contribution is 2.54. The van der Waals surface area contributed by atoms with E-state index in [9.17, 15) is 19.2 Å². The van der Waals surface area contributed by atoms with Crippen LogP contribution < -0.4 is 16.4 Å². The Morgan fingerprint density at radius 3 is 2.55 bits per heavy atom. The molecule has 8 heteroatoms. The van der Waals surface area contributed by atoms with Crippen LogP contribution >= 0.6 is 0 Å². The Labute approximate surface area is 168 Å². The van der Waals surface area contributed by atoms with Gasteiger partial charge in [-0.15, -0.1) is 0 Å². The van der Waals surface area contributed by atoms with Crippen LogP contribution in [0.1, 0.15) is 44.1 Å². The molecule has 1 spiro atoms. The third-order valence-corrected chi connectivity index (χ3v) is 7.02. The number of hydrogen-bond donors (Lipinski definition) is 3. The van der Waals surface area contributed by atoms with Crippen molar-refractivity contribution in [1.82, 2.24) is 10.2 Å². The molecule has 4 aliphatic rings. The molecule has 3 fully saturated rings. The average molecular weight is 396 g/mol. The van der Waals surface area contributed by atoms with Gasteiger partial charge in [-0.1, -0.05) is 37.5 Å². The Bertz CT molecular complexity index is 925. The minimum absolute atomic E-state index is 0.101. The van der Waals surface area contributed by atoms with E-state index in [4.69, 9.17) is 5.73 Å². The molecule has 4 atom stereocenters. The maximum Gasteiger partial charge on any atom is 0.250 e. The molecule has 8 nitrogen and oxygen atoms in total. The Hall–Kier alpha value is -2.74. The highest BCUT2D eigenvalue weighted by Gasteiger charge is 2.71. The lowest BCUT2D eigenvalue weighted by Crippen LogP contribution is -2.54. The van der Waals surface area contributed by atoms with Gasteiger partial charge in [-0.2, -0.15) is 0 Å². The molecule has 5 rings (SSSR count). The number of para-hydroxylation sites is 1. The van der Waals surface area contributed by atoms with Gasteiger partial charge in [0.1, 0.15) is 5.54 Å². The summed E-state index contributed by atoms with van der Waals surface area (Å²) in [6.07, 6.45) is 4.55. The van der Waals surface area contributed by atoms with E-state index in [1.807, 2.05) is 0 Å². The van der Waals surface area contributed by atoms with Gasteiger partial charge in [0.05, 0.1) is 11.8 Å². The van der Waals surface area contributed by atoms with Crippen molar-refractivity contribution in [2.45, 2.75) is 56.1 Å². The molecule has 0 unspecified atom stereocenters. The molecule has 0 radical (unpaired) electrons. The van der Waals surface area contributed by atoms with E-state index in [1.54, 1.807) is 24.3 Å². The predicted octanol–water partition coefficient (Wildman–Crippen LogP) is 0.615. The standard InChI is InChI=1S/C21H24N4O4/c22-15(26)10-14-16-17(19(28)25(18(16)27)11-6-2-1-3-7-11)21(24-14)12-8-4-5-9-13(12)23-20(21)29/h4-5,8-9,11,14,16-17,24H,1-3,6-7,10H2,(H2,22,26)(H,23,29)/t14-,16-,17+,21-/m1/s1. The molecule has 2 saturated heterocycles. The zero-order chi connectivity index (χ0) is 20.3. The molecular weight excluding hydrogens is 372 g/mol. The quantitative estimate of drug-likeness (QED) is 0.647. The third-order valence-electron chi connectivity index (χ3n) is 7.02. The second kappa shape index (κ2) is 6.38. The number of amides is 4. The number of carbonyl (C=O) groups is 4. The van der Waals surface area contributed by atoms with Crippen molar-refractivity contribution in [1.29, 1.82) is 0 Å². The molecule has 3 aliphatic heterocycles. The first-order valence-corrected chi connectivity index (χ1v) is 10.3. The van der Waals surface area contributed by atoms with Crippen molar-refractivity contribution in [3.05, 3.63) is 29.8 Å². The number of nitrogens with two attached hydrogens (primary N) is 1. The summed E-state index contributed by atoms with van der Waals surface area (Å²) in [4.78, 5) is 53.4. The van der Waals surface area contributed by atoms with Crippen LogP contribution in [0.15, 0.2) is 24.3 Å². The highest BCUT2D eigenvalue weighted by atomic mass is 16.2. The molecule has 1 saturated carbocycles. The van der Waals surface area contributed by atoms with Crippen molar-refractivity contribution in [3.8, 4) is 0 Å². The SMILES string of the molecule is NC(=O)C[C@H]1N[C@@]2(C(=O)Nc3ccccc32)[C@@H]2C(=O)N(C3CCCCC3)C(=O)[C@@H]21. The van der Waals surface area contributed by atoms with Crippen LogP contribution in [0.2, 0.25) is 0 Å². The van der Waals surface area contributed by atoms with Crippen molar-refractivity contribution in [2.24, 2.45) is 17.6 Å². The summed E-state index contributed by atoms with van der Waals surface area (Å²) in [7, 11) is 0. The van der Waals surface area contributed by atoms with Crippen molar-refractivity contribution in [3.63, 3.8) is 0 Å². The predicted molar refractivity (Wildman–Crippen MR) is 103 cm³/mol. The van der Waals surface area contributed by atoms with Crippen LogP contribution in [0.4, 0.5) is 5.69 Å². The van der Waals surface area contributed by atoms with Crippen molar-refractivity contribution in [2.75, 3.05) is 5.32 Å². The number of rotatable bonds is 3. The lowest BCUT2D eigenvalue weighted by Gasteiger charge is -2.33. The normalized spacial score (nSPS) is 33.9. The third kappa shape index (κ3) is 2.41. The average Bonchev–Trinajstić information content (AvgIpc) is 3.27. The number of nitrogens with one attached hydrogen (secondary N) is 2. The highest BCUT2D eigenvalue weighted by molar-refractivity contribution is 6.15. The summed E-state index contributed by atoms with van der Waals surface area (Å²) in [5.74, 6) is -3.15.